The van der Waals surface area contributed by atoms with Gasteiger partial charge in [0.25, 0.3) is 0 Å². The van der Waals surface area contributed by atoms with Crippen LogP contribution in [0.2, 0.25) is 0 Å². The molecule has 0 aliphatic heterocycles. The summed E-state index contributed by atoms with van der Waals surface area (Å²) < 4.78 is 7.15. The lowest BCUT2D eigenvalue weighted by Crippen LogP contribution is -2.48. The van der Waals surface area contributed by atoms with Crippen molar-refractivity contribution in [2.45, 2.75) is 50.7 Å². The molecule has 1 fully saturated rings. The molecule has 1 aliphatic rings. The minimum atomic E-state index is -1.00. The number of ether oxygens (including phenoxy) is 1. The van der Waals surface area contributed by atoms with Crippen LogP contribution in [0.15, 0.2) is 72.8 Å². The van der Waals surface area contributed by atoms with Crippen molar-refractivity contribution in [3.05, 3.63) is 78.4 Å². The Morgan fingerprint density at radius 2 is 1.74 bits per heavy atom. The van der Waals surface area contributed by atoms with Crippen molar-refractivity contribution < 1.29 is 19.4 Å². The lowest BCUT2D eigenvalue weighted by Gasteiger charge is -2.34. The van der Waals surface area contributed by atoms with Crippen LogP contribution >= 0.6 is 0 Å². The summed E-state index contributed by atoms with van der Waals surface area (Å²) in [6.07, 6.45) is 5.08. The van der Waals surface area contributed by atoms with E-state index >= 15 is 0 Å². The van der Waals surface area contributed by atoms with Gasteiger partial charge in [-0.3, -0.25) is 14.5 Å². The number of benzene rings is 3. The van der Waals surface area contributed by atoms with Gasteiger partial charge in [-0.25, -0.2) is 4.68 Å². The Morgan fingerprint density at radius 3 is 2.50 bits per heavy atom. The molecule has 0 radical (unpaired) electrons. The fourth-order valence-corrected chi connectivity index (χ4v) is 5.09. The molecule has 1 aliphatic carbocycles. The molecule has 0 spiro atoms. The normalized spacial score (nSPS) is 14.7. The number of amides is 2. The summed E-state index contributed by atoms with van der Waals surface area (Å²) in [6, 6.07) is 20.0. The Kier molecular flexibility index (Phi) is 7.53. The highest BCUT2D eigenvalue weighted by molar-refractivity contribution is 6.02. The van der Waals surface area contributed by atoms with Crippen molar-refractivity contribution in [1.82, 2.24) is 20.3 Å². The number of anilines is 1. The van der Waals surface area contributed by atoms with Gasteiger partial charge in [-0.15, -0.1) is 5.10 Å². The molecule has 196 valence electrons. The Balaban J connectivity index is 1.58. The van der Waals surface area contributed by atoms with Crippen molar-refractivity contribution in [3.63, 3.8) is 0 Å². The van der Waals surface area contributed by atoms with Gasteiger partial charge in [-0.1, -0.05) is 60.9 Å². The van der Waals surface area contributed by atoms with Crippen LogP contribution in [0.1, 0.15) is 43.7 Å². The maximum atomic E-state index is 14.2. The first-order valence-corrected chi connectivity index (χ1v) is 12.9. The summed E-state index contributed by atoms with van der Waals surface area (Å²) >= 11 is 0. The fraction of sp³-hybridized carbons (Fsp3) is 0.310. The Labute approximate surface area is 221 Å². The van der Waals surface area contributed by atoms with Crippen LogP contribution in [0.25, 0.3) is 11.0 Å². The van der Waals surface area contributed by atoms with Gasteiger partial charge < -0.3 is 15.2 Å². The first-order chi connectivity index (χ1) is 18.5. The molecule has 1 heterocycles. The SMILES string of the molecule is COc1ccccc1N(C(=O)Cn1nnc2ccccc21)[C@@H](C(=O)NC1CCCCC1)c1ccc(O)cc1. The second-order valence-corrected chi connectivity index (χ2v) is 9.51. The topological polar surface area (TPSA) is 110 Å². The molecule has 2 amide bonds. The van der Waals surface area contributed by atoms with Crippen LogP contribution in [0.5, 0.6) is 11.5 Å². The summed E-state index contributed by atoms with van der Waals surface area (Å²) in [6.45, 7) is -0.135. The van der Waals surface area contributed by atoms with E-state index in [1.807, 2.05) is 30.3 Å². The maximum absolute atomic E-state index is 14.2. The highest BCUT2D eigenvalue weighted by Gasteiger charge is 2.35. The number of nitrogens with one attached hydrogen (secondary N) is 1. The van der Waals surface area contributed by atoms with Crippen LogP contribution in [0.4, 0.5) is 5.69 Å². The van der Waals surface area contributed by atoms with Gasteiger partial charge in [0.2, 0.25) is 11.8 Å². The highest BCUT2D eigenvalue weighted by atomic mass is 16.5. The molecule has 0 bridgehead atoms. The summed E-state index contributed by atoms with van der Waals surface area (Å²) in [5.41, 5.74) is 2.42. The average molecular weight is 514 g/mol. The average Bonchev–Trinajstić information content (AvgIpc) is 3.35. The number of hydrogen-bond acceptors (Lipinski definition) is 6. The van der Waals surface area contributed by atoms with E-state index in [1.54, 1.807) is 30.3 Å². The Morgan fingerprint density at radius 1 is 1.03 bits per heavy atom. The van der Waals surface area contributed by atoms with Gasteiger partial charge >= 0.3 is 0 Å². The molecule has 1 atom stereocenters. The third kappa shape index (κ3) is 5.32. The van der Waals surface area contributed by atoms with E-state index in [4.69, 9.17) is 4.74 Å². The first-order valence-electron chi connectivity index (χ1n) is 12.9. The molecule has 2 N–H and O–H groups in total. The molecule has 4 aromatic rings. The zero-order valence-electron chi connectivity index (χ0n) is 21.3. The molecule has 9 heteroatoms. The van der Waals surface area contributed by atoms with Crippen LogP contribution in [0, 0.1) is 0 Å². The lowest BCUT2D eigenvalue weighted by atomic mass is 9.94. The number of methoxy groups -OCH3 is 1. The van der Waals surface area contributed by atoms with Gasteiger partial charge in [-0.2, -0.15) is 0 Å². The lowest BCUT2D eigenvalue weighted by molar-refractivity contribution is -0.127. The van der Waals surface area contributed by atoms with Crippen LogP contribution in [-0.2, 0) is 16.1 Å². The van der Waals surface area contributed by atoms with E-state index in [0.717, 1.165) is 32.1 Å². The van der Waals surface area contributed by atoms with Crippen molar-refractivity contribution in [2.75, 3.05) is 12.0 Å². The predicted molar refractivity (Wildman–Crippen MR) is 144 cm³/mol. The zero-order valence-corrected chi connectivity index (χ0v) is 21.3. The molecule has 0 unspecified atom stereocenters. The molecule has 1 aromatic heterocycles. The summed E-state index contributed by atoms with van der Waals surface area (Å²) in [4.78, 5) is 29.6. The highest BCUT2D eigenvalue weighted by Crippen LogP contribution is 2.36. The summed E-state index contributed by atoms with van der Waals surface area (Å²) in [5, 5.41) is 21.5. The molecule has 5 rings (SSSR count). The number of aromatic nitrogens is 3. The predicted octanol–water partition coefficient (Wildman–Crippen LogP) is 4.37. The monoisotopic (exact) mass is 513 g/mol. The molecule has 0 saturated heterocycles. The number of rotatable bonds is 8. The third-order valence-corrected chi connectivity index (χ3v) is 6.99. The van der Waals surface area contributed by atoms with Gasteiger partial charge in [0, 0.05) is 6.04 Å². The van der Waals surface area contributed by atoms with Crippen LogP contribution < -0.4 is 15.0 Å². The Bertz CT molecular complexity index is 1410. The summed E-state index contributed by atoms with van der Waals surface area (Å²) in [7, 11) is 1.53. The van der Waals surface area contributed by atoms with Gasteiger partial charge in [0.05, 0.1) is 18.3 Å². The summed E-state index contributed by atoms with van der Waals surface area (Å²) in [5.74, 6) is -0.115. The second-order valence-electron chi connectivity index (χ2n) is 9.51. The number of phenols is 1. The van der Waals surface area contributed by atoms with E-state index in [1.165, 1.54) is 28.8 Å². The van der Waals surface area contributed by atoms with E-state index in [-0.39, 0.29) is 30.2 Å². The maximum Gasteiger partial charge on any atom is 0.249 e. The zero-order chi connectivity index (χ0) is 26.5. The van der Waals surface area contributed by atoms with E-state index in [0.29, 0.717) is 28.0 Å². The number of aromatic hydroxyl groups is 1. The Hall–Kier alpha value is -4.40. The van der Waals surface area contributed by atoms with Crippen LogP contribution in [0.3, 0.4) is 0 Å². The van der Waals surface area contributed by atoms with Crippen LogP contribution in [-0.4, -0.2) is 45.1 Å². The quantitative estimate of drug-likeness (QED) is 0.362. The van der Waals surface area contributed by atoms with Crippen molar-refractivity contribution >= 4 is 28.5 Å². The van der Waals surface area contributed by atoms with Gasteiger partial charge in [0.1, 0.15) is 29.6 Å². The van der Waals surface area contributed by atoms with Crippen molar-refractivity contribution in [2.24, 2.45) is 0 Å². The van der Waals surface area contributed by atoms with Gasteiger partial charge in [-0.05, 0) is 54.8 Å². The second kappa shape index (κ2) is 11.3. The number of nitrogens with zero attached hydrogens (tertiary/aromatic N) is 4. The molecule has 3 aromatic carbocycles. The first kappa shape index (κ1) is 25.3. The molecular weight excluding hydrogens is 482 g/mol. The molecular formula is C29H31N5O4. The number of carbonyl (C=O) groups excluding carboxylic acids is 2. The fourth-order valence-electron chi connectivity index (χ4n) is 5.09. The molecule has 1 saturated carbocycles. The third-order valence-electron chi connectivity index (χ3n) is 6.99. The number of hydrogen-bond donors (Lipinski definition) is 2. The van der Waals surface area contributed by atoms with Gasteiger partial charge in [0.15, 0.2) is 0 Å². The van der Waals surface area contributed by atoms with E-state index < -0.39 is 6.04 Å². The smallest absolute Gasteiger partial charge is 0.249 e. The molecule has 9 nitrogen and oxygen atoms in total. The minimum absolute atomic E-state index is 0.0461. The minimum Gasteiger partial charge on any atom is -0.508 e. The number of carbonyl (C=O) groups is 2. The van der Waals surface area contributed by atoms with E-state index in [2.05, 4.69) is 15.6 Å². The number of phenolic OH excluding ortho intramolecular Hbond substituents is 1. The van der Waals surface area contributed by atoms with E-state index in [9.17, 15) is 14.7 Å². The van der Waals surface area contributed by atoms with Crippen molar-refractivity contribution in [1.29, 1.82) is 0 Å². The standard InChI is InChI=1S/C29H31N5O4/c1-38-26-14-8-7-13-25(26)34(27(36)19-33-24-12-6-5-11-23(24)31-32-33)28(20-15-17-22(35)18-16-20)29(37)30-21-9-3-2-4-10-21/h5-8,11-18,21,28,35H,2-4,9-10,19H2,1H3,(H,30,37)/t28-/m1/s1. The molecule has 38 heavy (non-hydrogen) atoms. The number of fused-ring (bicyclic) bond motifs is 1. The van der Waals surface area contributed by atoms with Crippen molar-refractivity contribution in [3.8, 4) is 11.5 Å². The largest absolute Gasteiger partial charge is 0.508 e. The number of para-hydroxylation sites is 3.